The van der Waals surface area contributed by atoms with Gasteiger partial charge in [-0.05, 0) is 52.7 Å². The fourth-order valence-electron chi connectivity index (χ4n) is 2.57. The molecule has 1 saturated carbocycles. The van der Waals surface area contributed by atoms with Gasteiger partial charge in [0.15, 0.2) is 4.67 Å². The molecule has 0 aromatic carbocycles. The molecule has 1 aromatic heterocycles. The molecule has 0 saturated heterocycles. The summed E-state index contributed by atoms with van der Waals surface area (Å²) in [5.41, 5.74) is 0.964. The summed E-state index contributed by atoms with van der Waals surface area (Å²) in [5, 5.41) is 0. The van der Waals surface area contributed by atoms with Gasteiger partial charge >= 0.3 is 0 Å². The summed E-state index contributed by atoms with van der Waals surface area (Å²) in [7, 11) is 0. The lowest BCUT2D eigenvalue weighted by atomic mass is 9.76. The predicted molar refractivity (Wildman–Crippen MR) is 61.6 cm³/mol. The Morgan fingerprint density at radius 2 is 2.53 bits per heavy atom. The van der Waals surface area contributed by atoms with E-state index in [-0.39, 0.29) is 5.41 Å². The summed E-state index contributed by atoms with van der Waals surface area (Å²) in [6, 6.07) is 1.95. The zero-order chi connectivity index (χ0) is 10.9. The van der Waals surface area contributed by atoms with E-state index >= 15 is 0 Å². The van der Waals surface area contributed by atoms with Crippen LogP contribution in [0.3, 0.4) is 0 Å². The first-order valence-electron chi connectivity index (χ1n) is 5.35. The van der Waals surface area contributed by atoms with Gasteiger partial charge in [-0.1, -0.05) is 13.3 Å². The molecule has 2 rings (SSSR count). The SMILES string of the molecule is CC1CCCC1(C=O)Cc1coc(Br)c1. The van der Waals surface area contributed by atoms with Gasteiger partial charge in [-0.3, -0.25) is 0 Å². The molecule has 1 aromatic rings. The van der Waals surface area contributed by atoms with E-state index in [4.69, 9.17) is 4.42 Å². The Balaban J connectivity index is 2.18. The zero-order valence-electron chi connectivity index (χ0n) is 8.83. The Hall–Kier alpha value is -0.570. The second-order valence-electron chi connectivity index (χ2n) is 4.58. The van der Waals surface area contributed by atoms with E-state index in [9.17, 15) is 4.79 Å². The first kappa shape index (κ1) is 10.9. The highest BCUT2D eigenvalue weighted by Gasteiger charge is 2.40. The summed E-state index contributed by atoms with van der Waals surface area (Å²) >= 11 is 3.28. The molecule has 0 bridgehead atoms. The van der Waals surface area contributed by atoms with Crippen molar-refractivity contribution >= 4 is 22.2 Å². The molecule has 0 N–H and O–H groups in total. The lowest BCUT2D eigenvalue weighted by Crippen LogP contribution is -2.28. The van der Waals surface area contributed by atoms with E-state index in [2.05, 4.69) is 22.9 Å². The van der Waals surface area contributed by atoms with Crippen molar-refractivity contribution in [1.82, 2.24) is 0 Å². The average molecular weight is 271 g/mol. The molecule has 0 amide bonds. The molecule has 1 heterocycles. The van der Waals surface area contributed by atoms with Crippen LogP contribution in [0.15, 0.2) is 21.4 Å². The van der Waals surface area contributed by atoms with Crippen LogP contribution in [0.1, 0.15) is 31.7 Å². The van der Waals surface area contributed by atoms with Gasteiger partial charge < -0.3 is 9.21 Å². The first-order valence-corrected chi connectivity index (χ1v) is 6.15. The van der Waals surface area contributed by atoms with E-state index in [0.717, 1.165) is 35.8 Å². The van der Waals surface area contributed by atoms with Crippen LogP contribution in [0, 0.1) is 11.3 Å². The highest BCUT2D eigenvalue weighted by atomic mass is 79.9. The third-order valence-corrected chi connectivity index (χ3v) is 4.07. The molecule has 0 spiro atoms. The van der Waals surface area contributed by atoms with Crippen molar-refractivity contribution in [2.24, 2.45) is 11.3 Å². The van der Waals surface area contributed by atoms with Crippen LogP contribution < -0.4 is 0 Å². The maximum absolute atomic E-state index is 11.3. The van der Waals surface area contributed by atoms with Crippen LogP contribution >= 0.6 is 15.9 Å². The number of furan rings is 1. The summed E-state index contributed by atoms with van der Waals surface area (Å²) < 4.78 is 5.94. The summed E-state index contributed by atoms with van der Waals surface area (Å²) in [6.45, 7) is 2.18. The number of carbonyl (C=O) groups excluding carboxylic acids is 1. The van der Waals surface area contributed by atoms with E-state index in [1.54, 1.807) is 6.26 Å². The third-order valence-electron chi connectivity index (χ3n) is 3.65. The molecule has 0 aliphatic heterocycles. The van der Waals surface area contributed by atoms with Gasteiger partial charge in [-0.25, -0.2) is 0 Å². The van der Waals surface area contributed by atoms with E-state index < -0.39 is 0 Å². The van der Waals surface area contributed by atoms with E-state index in [1.165, 1.54) is 6.42 Å². The van der Waals surface area contributed by atoms with E-state index in [1.807, 2.05) is 6.07 Å². The van der Waals surface area contributed by atoms with Gasteiger partial charge in [-0.15, -0.1) is 0 Å². The molecule has 2 nitrogen and oxygen atoms in total. The van der Waals surface area contributed by atoms with Crippen molar-refractivity contribution < 1.29 is 9.21 Å². The fraction of sp³-hybridized carbons (Fsp3) is 0.583. The lowest BCUT2D eigenvalue weighted by Gasteiger charge is -2.26. The Morgan fingerprint density at radius 1 is 1.73 bits per heavy atom. The average Bonchev–Trinajstić information content (AvgIpc) is 2.76. The van der Waals surface area contributed by atoms with Crippen LogP contribution in [0.5, 0.6) is 0 Å². The van der Waals surface area contributed by atoms with Crippen molar-refractivity contribution in [2.75, 3.05) is 0 Å². The first-order chi connectivity index (χ1) is 7.16. The minimum Gasteiger partial charge on any atom is -0.457 e. The number of hydrogen-bond donors (Lipinski definition) is 0. The minimum atomic E-state index is -0.149. The van der Waals surface area contributed by atoms with Crippen molar-refractivity contribution in [1.29, 1.82) is 0 Å². The predicted octanol–water partition coefficient (Wildman–Crippen LogP) is 3.59. The lowest BCUT2D eigenvalue weighted by molar-refractivity contribution is -0.117. The van der Waals surface area contributed by atoms with Gasteiger partial charge in [0.1, 0.15) is 6.29 Å². The summed E-state index contributed by atoms with van der Waals surface area (Å²) in [4.78, 5) is 11.3. The molecule has 1 aliphatic carbocycles. The molecule has 1 aliphatic rings. The van der Waals surface area contributed by atoms with Gasteiger partial charge in [0.05, 0.1) is 6.26 Å². The summed E-state index contributed by atoms with van der Waals surface area (Å²) in [6.07, 6.45) is 7.05. The molecule has 0 radical (unpaired) electrons. The van der Waals surface area contributed by atoms with Gasteiger partial charge in [0.25, 0.3) is 0 Å². The highest BCUT2D eigenvalue weighted by Crippen LogP contribution is 2.44. The largest absolute Gasteiger partial charge is 0.457 e. The summed E-state index contributed by atoms with van der Waals surface area (Å²) in [5.74, 6) is 0.490. The Labute approximate surface area is 98.2 Å². The van der Waals surface area contributed by atoms with Crippen molar-refractivity contribution in [3.8, 4) is 0 Å². The standard InChI is InChI=1S/C12H15BrO2/c1-9-3-2-4-12(9,8-14)6-10-5-11(13)15-7-10/h5,7-9H,2-4,6H2,1H3. The fourth-order valence-corrected chi connectivity index (χ4v) is 2.96. The van der Waals surface area contributed by atoms with Gasteiger partial charge in [0, 0.05) is 5.41 Å². The van der Waals surface area contributed by atoms with Crippen LogP contribution in [0.25, 0.3) is 0 Å². The molecule has 3 heteroatoms. The van der Waals surface area contributed by atoms with Crippen LogP contribution in [-0.2, 0) is 11.2 Å². The van der Waals surface area contributed by atoms with Crippen molar-refractivity contribution in [3.05, 3.63) is 22.6 Å². The quantitative estimate of drug-likeness (QED) is 0.786. The minimum absolute atomic E-state index is 0.149. The third kappa shape index (κ3) is 2.03. The van der Waals surface area contributed by atoms with Gasteiger partial charge in [-0.2, -0.15) is 0 Å². The number of halogens is 1. The topological polar surface area (TPSA) is 30.2 Å². The zero-order valence-corrected chi connectivity index (χ0v) is 10.4. The number of carbonyl (C=O) groups is 1. The number of aldehydes is 1. The van der Waals surface area contributed by atoms with Crippen LogP contribution in [0.2, 0.25) is 0 Å². The second-order valence-corrected chi connectivity index (χ2v) is 5.36. The highest BCUT2D eigenvalue weighted by molar-refractivity contribution is 9.10. The van der Waals surface area contributed by atoms with Gasteiger partial charge in [0.2, 0.25) is 0 Å². The van der Waals surface area contributed by atoms with E-state index in [0.29, 0.717) is 5.92 Å². The Kier molecular flexibility index (Phi) is 3.01. The molecular formula is C12H15BrO2. The molecule has 1 fully saturated rings. The van der Waals surface area contributed by atoms with Crippen LogP contribution in [-0.4, -0.2) is 6.29 Å². The Bertz CT molecular complexity index is 358. The molecule has 82 valence electrons. The second kappa shape index (κ2) is 4.12. The number of rotatable bonds is 3. The van der Waals surface area contributed by atoms with Crippen molar-refractivity contribution in [3.63, 3.8) is 0 Å². The molecule has 2 unspecified atom stereocenters. The van der Waals surface area contributed by atoms with Crippen LogP contribution in [0.4, 0.5) is 0 Å². The number of hydrogen-bond acceptors (Lipinski definition) is 2. The maximum Gasteiger partial charge on any atom is 0.169 e. The monoisotopic (exact) mass is 270 g/mol. The molecule has 2 atom stereocenters. The smallest absolute Gasteiger partial charge is 0.169 e. The molecular weight excluding hydrogens is 256 g/mol. The Morgan fingerprint density at radius 3 is 3.00 bits per heavy atom. The maximum atomic E-state index is 11.3. The normalized spacial score (nSPS) is 30.7. The molecule has 15 heavy (non-hydrogen) atoms. The van der Waals surface area contributed by atoms with Crippen molar-refractivity contribution in [2.45, 2.75) is 32.6 Å².